The van der Waals surface area contributed by atoms with Crippen LogP contribution in [0.4, 0.5) is 0 Å². The fourth-order valence-electron chi connectivity index (χ4n) is 3.02. The predicted molar refractivity (Wildman–Crippen MR) is 73.7 cm³/mol. The number of allylic oxidation sites excluding steroid dienone is 1. The molecule has 4 nitrogen and oxygen atoms in total. The molecule has 0 bridgehead atoms. The first-order valence-corrected chi connectivity index (χ1v) is 6.33. The smallest absolute Gasteiger partial charge is 0.387 e. The molecule has 0 spiro atoms. The van der Waals surface area contributed by atoms with Crippen LogP contribution in [-0.4, -0.2) is 12.2 Å². The van der Waals surface area contributed by atoms with E-state index in [0.29, 0.717) is 0 Å². The lowest BCUT2D eigenvalue weighted by molar-refractivity contribution is 0.266. The van der Waals surface area contributed by atoms with Crippen molar-refractivity contribution >= 4 is 0 Å². The first kappa shape index (κ1) is 13.4. The minimum absolute atomic E-state index is 0.0794. The number of hydrogen-bond acceptors (Lipinski definition) is 3. The average Bonchev–Trinajstić information content (AvgIpc) is 2.62. The number of aliphatic hydroxyl groups excluding tert-OH is 1. The van der Waals surface area contributed by atoms with E-state index in [9.17, 15) is 5.11 Å². The quantitative estimate of drug-likeness (QED) is 0.650. The molecule has 0 aliphatic heterocycles. The molecule has 1 aromatic rings. The van der Waals surface area contributed by atoms with E-state index in [4.69, 9.17) is 10.1 Å². The molecule has 1 N–H and O–H groups in total. The number of methoxy groups -OCH3 is 1. The zero-order chi connectivity index (χ0) is 14.2. The summed E-state index contributed by atoms with van der Waals surface area (Å²) in [5.41, 5.74) is 3.37. The van der Waals surface area contributed by atoms with E-state index in [1.54, 1.807) is 7.11 Å². The van der Waals surface area contributed by atoms with Crippen molar-refractivity contribution in [1.29, 1.82) is 5.39 Å². The number of hydrogen-bond donors (Lipinski definition) is 1. The van der Waals surface area contributed by atoms with Gasteiger partial charge in [0, 0.05) is 11.3 Å². The maximum absolute atomic E-state index is 10.1. The lowest BCUT2D eigenvalue weighted by Gasteiger charge is -2.26. The van der Waals surface area contributed by atoms with E-state index in [1.165, 1.54) is 16.7 Å². The highest BCUT2D eigenvalue weighted by molar-refractivity contribution is 5.50. The predicted octanol–water partition coefficient (Wildman–Crippen LogP) is 3.71. The van der Waals surface area contributed by atoms with Crippen LogP contribution in [0.5, 0.6) is 5.75 Å². The van der Waals surface area contributed by atoms with Gasteiger partial charge in [-0.2, -0.15) is 0 Å². The van der Waals surface area contributed by atoms with Gasteiger partial charge in [0.2, 0.25) is 5.39 Å². The summed E-state index contributed by atoms with van der Waals surface area (Å²) in [5.74, 6) is 0.867. The fraction of sp³-hybridized carbons (Fsp3) is 0.467. The van der Waals surface area contributed by atoms with Gasteiger partial charge in [0.1, 0.15) is 5.75 Å². The van der Waals surface area contributed by atoms with Crippen molar-refractivity contribution < 1.29 is 9.84 Å². The van der Waals surface area contributed by atoms with E-state index in [2.05, 4.69) is 25.7 Å². The first-order valence-electron chi connectivity index (χ1n) is 6.33. The number of ether oxygens (including phenoxy) is 1. The Kier molecular flexibility index (Phi) is 3.23. The maximum atomic E-state index is 10.1. The number of nitrogens with zero attached hydrogens (tertiary/aromatic N) is 2. The van der Waals surface area contributed by atoms with Gasteiger partial charge < -0.3 is 9.84 Å². The number of fused-ring (bicyclic) bond motifs is 1. The lowest BCUT2D eigenvalue weighted by Crippen LogP contribution is -2.25. The molecule has 100 valence electrons. The summed E-state index contributed by atoms with van der Waals surface area (Å²) in [6.07, 6.45) is 1.86. The van der Waals surface area contributed by atoms with E-state index < -0.39 is 0 Å². The van der Waals surface area contributed by atoms with Crippen molar-refractivity contribution in [3.8, 4) is 5.75 Å². The molecular weight excluding hydrogens is 240 g/mol. The van der Waals surface area contributed by atoms with E-state index in [1.807, 2.05) is 12.1 Å². The molecule has 1 aromatic carbocycles. The van der Waals surface area contributed by atoms with Gasteiger partial charge in [-0.15, -0.1) is 0 Å². The van der Waals surface area contributed by atoms with Crippen molar-refractivity contribution in [2.75, 3.05) is 7.11 Å². The second-order valence-electron chi connectivity index (χ2n) is 5.62. The van der Waals surface area contributed by atoms with Crippen LogP contribution in [0.15, 0.2) is 24.1 Å². The summed E-state index contributed by atoms with van der Waals surface area (Å²) in [7, 11) is 1.66. The Labute approximate surface area is 113 Å². The van der Waals surface area contributed by atoms with Crippen LogP contribution in [-0.2, 0) is 11.8 Å². The number of rotatable bonds is 2. The molecule has 2 rings (SSSR count). The maximum Gasteiger partial charge on any atom is 0.387 e. The van der Waals surface area contributed by atoms with Crippen LogP contribution < -0.4 is 4.74 Å². The van der Waals surface area contributed by atoms with Gasteiger partial charge in [-0.3, -0.25) is 0 Å². The number of benzene rings is 1. The lowest BCUT2D eigenvalue weighted by atomic mass is 9.77. The molecule has 0 saturated heterocycles. The Balaban J connectivity index is 2.54. The number of aliphatic hydroxyl groups is 1. The monoisotopic (exact) mass is 259 g/mol. The zero-order valence-electron chi connectivity index (χ0n) is 11.8. The normalized spacial score (nSPS) is 20.8. The Morgan fingerprint density at radius 1 is 1.53 bits per heavy atom. The second kappa shape index (κ2) is 4.58. The zero-order valence-corrected chi connectivity index (χ0v) is 11.8. The third-order valence-electron chi connectivity index (χ3n) is 4.20. The van der Waals surface area contributed by atoms with Crippen molar-refractivity contribution in [1.82, 2.24) is 0 Å². The summed E-state index contributed by atoms with van der Waals surface area (Å²) >= 11 is 0. The van der Waals surface area contributed by atoms with E-state index in [-0.39, 0.29) is 17.1 Å². The average molecular weight is 259 g/mol. The Morgan fingerprint density at radius 3 is 2.79 bits per heavy atom. The fourth-order valence-corrected chi connectivity index (χ4v) is 3.02. The molecule has 0 radical (unpaired) electrons. The Morgan fingerprint density at radius 2 is 2.21 bits per heavy atom. The van der Waals surface area contributed by atoms with Gasteiger partial charge >= 0.3 is 6.20 Å². The Bertz CT molecular complexity index is 583. The van der Waals surface area contributed by atoms with Gasteiger partial charge in [-0.25, -0.2) is 0 Å². The molecule has 1 unspecified atom stereocenters. The van der Waals surface area contributed by atoms with Crippen LogP contribution in [0.2, 0.25) is 0 Å². The topological polar surface area (TPSA) is 57.6 Å². The molecule has 1 aliphatic rings. The number of aryl methyl sites for hydroxylation is 1. The standard InChI is InChI=1S/C15H18N2O2/c1-9-5-10(19-4)6-12-11(9)7-13(15(12,2)3)14(18)8-17-16/h5-6,8,13H,7H2,1-4H3/p+1/b14-8-. The molecule has 0 amide bonds. The van der Waals surface area contributed by atoms with E-state index >= 15 is 0 Å². The molecule has 1 aliphatic carbocycles. The summed E-state index contributed by atoms with van der Waals surface area (Å²) in [6.45, 7) is 6.23. The van der Waals surface area contributed by atoms with Gasteiger partial charge in [-0.1, -0.05) is 13.8 Å². The van der Waals surface area contributed by atoms with Crippen molar-refractivity contribution in [3.63, 3.8) is 0 Å². The second-order valence-corrected chi connectivity index (χ2v) is 5.62. The van der Waals surface area contributed by atoms with Gasteiger partial charge in [-0.05, 0) is 42.2 Å². The molecular formula is C15H19N2O2+. The SMILES string of the molecule is COc1cc(C)c2c(c1)C(C)(C)C(/C(O)=C/[N+]#N)C2. The molecule has 0 heterocycles. The molecule has 0 aromatic heterocycles. The first-order chi connectivity index (χ1) is 8.91. The third kappa shape index (κ3) is 2.06. The van der Waals surface area contributed by atoms with Crippen molar-refractivity contribution in [2.45, 2.75) is 32.6 Å². The molecule has 1 atom stereocenters. The highest BCUT2D eigenvalue weighted by atomic mass is 16.5. The summed E-state index contributed by atoms with van der Waals surface area (Å²) in [4.78, 5) is 2.93. The molecule has 0 fully saturated rings. The molecule has 0 saturated carbocycles. The summed E-state index contributed by atoms with van der Waals surface area (Å²) < 4.78 is 5.32. The van der Waals surface area contributed by atoms with Gasteiger partial charge in [0.25, 0.3) is 0 Å². The summed E-state index contributed by atoms with van der Waals surface area (Å²) in [6, 6.07) is 4.04. The minimum Gasteiger partial charge on any atom is -0.505 e. The molecule has 19 heavy (non-hydrogen) atoms. The van der Waals surface area contributed by atoms with Crippen LogP contribution in [0.25, 0.3) is 4.98 Å². The van der Waals surface area contributed by atoms with Crippen LogP contribution in [0.3, 0.4) is 0 Å². The Hall–Kier alpha value is -2.02. The van der Waals surface area contributed by atoms with Crippen molar-refractivity contribution in [2.24, 2.45) is 5.92 Å². The van der Waals surface area contributed by atoms with E-state index in [0.717, 1.165) is 18.4 Å². The number of diazo groups is 1. The van der Waals surface area contributed by atoms with Crippen LogP contribution >= 0.6 is 0 Å². The summed E-state index contributed by atoms with van der Waals surface area (Å²) in [5, 5.41) is 18.6. The minimum atomic E-state index is -0.222. The van der Waals surface area contributed by atoms with Crippen LogP contribution in [0.1, 0.15) is 30.5 Å². The van der Waals surface area contributed by atoms with Gasteiger partial charge in [0.05, 0.1) is 7.11 Å². The highest BCUT2D eigenvalue weighted by Crippen LogP contribution is 2.47. The van der Waals surface area contributed by atoms with Gasteiger partial charge in [0.15, 0.2) is 10.7 Å². The van der Waals surface area contributed by atoms with Crippen molar-refractivity contribution in [3.05, 3.63) is 45.8 Å². The highest BCUT2D eigenvalue weighted by Gasteiger charge is 2.43. The third-order valence-corrected chi connectivity index (χ3v) is 4.20. The van der Waals surface area contributed by atoms with Crippen LogP contribution in [0, 0.1) is 18.2 Å². The molecule has 4 heteroatoms. The largest absolute Gasteiger partial charge is 0.505 e.